The Balaban J connectivity index is 3.23. The van der Waals surface area contributed by atoms with Gasteiger partial charge in [-0.05, 0) is 32.2 Å². The molecule has 13 heavy (non-hydrogen) atoms. The summed E-state index contributed by atoms with van der Waals surface area (Å²) in [5.41, 5.74) is 2.85. The molecule has 0 aliphatic heterocycles. The molecule has 0 amide bonds. The summed E-state index contributed by atoms with van der Waals surface area (Å²) in [5.74, 6) is 0. The number of rotatable bonds is 2. The molecule has 0 atom stereocenters. The van der Waals surface area contributed by atoms with E-state index in [0.717, 1.165) is 10.5 Å². The van der Waals surface area contributed by atoms with E-state index in [0.29, 0.717) is 5.71 Å². The molecule has 1 rings (SSSR count). The minimum Gasteiger partial charge on any atom is -0.411 e. The number of hydrogen-bond acceptors (Lipinski definition) is 3. The van der Waals surface area contributed by atoms with Crippen LogP contribution in [0, 0.1) is 6.92 Å². The molecule has 1 aromatic rings. The highest BCUT2D eigenvalue weighted by molar-refractivity contribution is 7.98. The van der Waals surface area contributed by atoms with Crippen LogP contribution in [0.3, 0.4) is 0 Å². The molecular weight excluding hydrogens is 182 g/mol. The first-order chi connectivity index (χ1) is 6.19. The summed E-state index contributed by atoms with van der Waals surface area (Å²) >= 11 is 1.66. The first-order valence-corrected chi connectivity index (χ1v) is 5.25. The Labute approximate surface area is 82.7 Å². The second-order valence-corrected chi connectivity index (χ2v) is 3.74. The number of oxime groups is 1. The first-order valence-electron chi connectivity index (χ1n) is 4.02. The SMILES string of the molecule is CSc1ccc(C)cc1/C(C)=N/O. The molecule has 0 aromatic heterocycles. The van der Waals surface area contributed by atoms with Gasteiger partial charge in [-0.1, -0.05) is 16.8 Å². The van der Waals surface area contributed by atoms with Crippen molar-refractivity contribution in [3.05, 3.63) is 29.3 Å². The lowest BCUT2D eigenvalue weighted by molar-refractivity contribution is 0.319. The normalized spacial score (nSPS) is 11.8. The molecule has 0 fully saturated rings. The molecule has 0 spiro atoms. The van der Waals surface area contributed by atoms with Crippen molar-refractivity contribution in [2.75, 3.05) is 6.26 Å². The van der Waals surface area contributed by atoms with Gasteiger partial charge in [-0.25, -0.2) is 0 Å². The van der Waals surface area contributed by atoms with Crippen LogP contribution in [0.15, 0.2) is 28.3 Å². The molecule has 70 valence electrons. The maximum atomic E-state index is 8.68. The molecule has 2 nitrogen and oxygen atoms in total. The van der Waals surface area contributed by atoms with E-state index < -0.39 is 0 Å². The van der Waals surface area contributed by atoms with Gasteiger partial charge >= 0.3 is 0 Å². The van der Waals surface area contributed by atoms with Gasteiger partial charge in [-0.3, -0.25) is 0 Å². The highest BCUT2D eigenvalue weighted by Crippen LogP contribution is 2.22. The Morgan fingerprint density at radius 3 is 2.69 bits per heavy atom. The predicted molar refractivity (Wildman–Crippen MR) is 57.0 cm³/mol. The average Bonchev–Trinajstić information content (AvgIpc) is 2.16. The summed E-state index contributed by atoms with van der Waals surface area (Å²) in [6.45, 7) is 3.83. The van der Waals surface area contributed by atoms with Crippen LogP contribution in [0.1, 0.15) is 18.1 Å². The molecule has 0 saturated heterocycles. The Bertz CT molecular complexity index is 334. The Morgan fingerprint density at radius 2 is 2.15 bits per heavy atom. The average molecular weight is 195 g/mol. The second-order valence-electron chi connectivity index (χ2n) is 2.89. The van der Waals surface area contributed by atoms with Crippen molar-refractivity contribution in [1.29, 1.82) is 0 Å². The third kappa shape index (κ3) is 2.25. The fraction of sp³-hybridized carbons (Fsp3) is 0.300. The van der Waals surface area contributed by atoms with Crippen molar-refractivity contribution in [1.82, 2.24) is 0 Å². The number of benzene rings is 1. The lowest BCUT2D eigenvalue weighted by Gasteiger charge is -2.06. The third-order valence-corrected chi connectivity index (χ3v) is 2.69. The van der Waals surface area contributed by atoms with Crippen molar-refractivity contribution in [2.24, 2.45) is 5.16 Å². The lowest BCUT2D eigenvalue weighted by Crippen LogP contribution is -1.97. The monoisotopic (exact) mass is 195 g/mol. The van der Waals surface area contributed by atoms with Crippen LogP contribution in [-0.4, -0.2) is 17.2 Å². The highest BCUT2D eigenvalue weighted by Gasteiger charge is 2.04. The maximum absolute atomic E-state index is 8.68. The van der Waals surface area contributed by atoms with Crippen molar-refractivity contribution in [2.45, 2.75) is 18.7 Å². The maximum Gasteiger partial charge on any atom is 0.0848 e. The van der Waals surface area contributed by atoms with E-state index in [1.165, 1.54) is 5.56 Å². The van der Waals surface area contributed by atoms with Crippen LogP contribution in [-0.2, 0) is 0 Å². The molecule has 0 radical (unpaired) electrons. The van der Waals surface area contributed by atoms with E-state index in [4.69, 9.17) is 5.21 Å². The van der Waals surface area contributed by atoms with E-state index in [1.807, 2.05) is 25.3 Å². The van der Waals surface area contributed by atoms with E-state index >= 15 is 0 Å². The Kier molecular flexibility index (Phi) is 3.37. The summed E-state index contributed by atoms with van der Waals surface area (Å²) in [4.78, 5) is 1.14. The van der Waals surface area contributed by atoms with E-state index in [2.05, 4.69) is 11.2 Å². The zero-order valence-corrected chi connectivity index (χ0v) is 8.85. The summed E-state index contributed by atoms with van der Waals surface area (Å²) in [6.07, 6.45) is 2.01. The van der Waals surface area contributed by atoms with Gasteiger partial charge in [0.2, 0.25) is 0 Å². The van der Waals surface area contributed by atoms with Crippen LogP contribution in [0.2, 0.25) is 0 Å². The summed E-state index contributed by atoms with van der Waals surface area (Å²) in [5, 5.41) is 11.9. The number of thioether (sulfide) groups is 1. The number of nitrogens with zero attached hydrogens (tertiary/aromatic N) is 1. The topological polar surface area (TPSA) is 32.6 Å². The Hall–Kier alpha value is -0.960. The summed E-state index contributed by atoms with van der Waals surface area (Å²) in [7, 11) is 0. The lowest BCUT2D eigenvalue weighted by atomic mass is 10.1. The predicted octanol–water partition coefficient (Wildman–Crippen LogP) is 2.92. The van der Waals surface area contributed by atoms with Crippen molar-refractivity contribution >= 4 is 17.5 Å². The zero-order chi connectivity index (χ0) is 9.84. The van der Waals surface area contributed by atoms with Crippen LogP contribution in [0.25, 0.3) is 0 Å². The van der Waals surface area contributed by atoms with Gasteiger partial charge in [-0.2, -0.15) is 0 Å². The summed E-state index contributed by atoms with van der Waals surface area (Å²) < 4.78 is 0. The molecule has 3 heteroatoms. The zero-order valence-electron chi connectivity index (χ0n) is 8.03. The quantitative estimate of drug-likeness (QED) is 0.340. The smallest absolute Gasteiger partial charge is 0.0848 e. The third-order valence-electron chi connectivity index (χ3n) is 1.89. The molecule has 0 unspecified atom stereocenters. The molecule has 0 heterocycles. The molecule has 0 saturated carbocycles. The van der Waals surface area contributed by atoms with Gasteiger partial charge in [0.05, 0.1) is 5.71 Å². The largest absolute Gasteiger partial charge is 0.411 e. The van der Waals surface area contributed by atoms with E-state index in [1.54, 1.807) is 18.7 Å². The fourth-order valence-electron chi connectivity index (χ4n) is 1.16. The van der Waals surface area contributed by atoms with Gasteiger partial charge in [0.25, 0.3) is 0 Å². The molecule has 0 bridgehead atoms. The first kappa shape index (κ1) is 10.1. The van der Waals surface area contributed by atoms with Crippen LogP contribution < -0.4 is 0 Å². The van der Waals surface area contributed by atoms with Crippen LogP contribution >= 0.6 is 11.8 Å². The molecule has 0 aliphatic rings. The van der Waals surface area contributed by atoms with Gasteiger partial charge in [0.15, 0.2) is 0 Å². The standard InChI is InChI=1S/C10H13NOS/c1-7-4-5-10(13-3)9(6-7)8(2)11-12/h4-6,12H,1-3H3/b11-8+. The highest BCUT2D eigenvalue weighted by atomic mass is 32.2. The van der Waals surface area contributed by atoms with Gasteiger partial charge in [0.1, 0.15) is 0 Å². The van der Waals surface area contributed by atoms with Crippen LogP contribution in [0.4, 0.5) is 0 Å². The van der Waals surface area contributed by atoms with Gasteiger partial charge < -0.3 is 5.21 Å². The molecule has 0 aliphatic carbocycles. The summed E-state index contributed by atoms with van der Waals surface area (Å²) in [6, 6.07) is 6.13. The van der Waals surface area contributed by atoms with Crippen LogP contribution in [0.5, 0.6) is 0 Å². The number of hydrogen-bond donors (Lipinski definition) is 1. The van der Waals surface area contributed by atoms with E-state index in [-0.39, 0.29) is 0 Å². The fourth-order valence-corrected chi connectivity index (χ4v) is 1.79. The minimum atomic E-state index is 0.660. The van der Waals surface area contributed by atoms with Crippen molar-refractivity contribution in [3.8, 4) is 0 Å². The van der Waals surface area contributed by atoms with Gasteiger partial charge in [0, 0.05) is 10.5 Å². The van der Waals surface area contributed by atoms with E-state index in [9.17, 15) is 0 Å². The Morgan fingerprint density at radius 1 is 1.46 bits per heavy atom. The van der Waals surface area contributed by atoms with Gasteiger partial charge in [-0.15, -0.1) is 11.8 Å². The number of aryl methyl sites for hydroxylation is 1. The molecule has 1 N–H and O–H groups in total. The molecular formula is C10H13NOS. The molecule has 1 aromatic carbocycles. The van der Waals surface area contributed by atoms with Crippen molar-refractivity contribution < 1.29 is 5.21 Å². The minimum absolute atomic E-state index is 0.660. The van der Waals surface area contributed by atoms with Crippen molar-refractivity contribution in [3.63, 3.8) is 0 Å². The second kappa shape index (κ2) is 4.33.